The second-order valence-corrected chi connectivity index (χ2v) is 4.15. The third-order valence-corrected chi connectivity index (χ3v) is 2.97. The Kier molecular flexibility index (Phi) is 3.45. The van der Waals surface area contributed by atoms with E-state index in [-0.39, 0.29) is 6.03 Å². The van der Waals surface area contributed by atoms with Crippen LogP contribution in [0.25, 0.3) is 0 Å². The average Bonchev–Trinajstić information content (AvgIpc) is 2.20. The van der Waals surface area contributed by atoms with Crippen molar-refractivity contribution in [3.05, 3.63) is 23.3 Å². The lowest BCUT2D eigenvalue weighted by atomic mass is 10.1. The molecule has 2 amide bonds. The van der Waals surface area contributed by atoms with Gasteiger partial charge in [-0.2, -0.15) is 0 Å². The van der Waals surface area contributed by atoms with Gasteiger partial charge in [-0.05, 0) is 12.2 Å². The Balaban J connectivity index is 2.78. The van der Waals surface area contributed by atoms with E-state index in [0.717, 1.165) is 0 Å². The standard InChI is InChI=1S/C9H12Cl2N2O/c1-12-8(14)13(2)9(11)5-3-7(10)4-6-9/h3-5H,6H2,1-2H3,(H,12,14). The summed E-state index contributed by atoms with van der Waals surface area (Å²) in [6.45, 7) is 0. The highest BCUT2D eigenvalue weighted by atomic mass is 35.5. The number of hydrogen-bond donors (Lipinski definition) is 1. The molecule has 0 aromatic rings. The first-order valence-corrected chi connectivity index (χ1v) is 4.94. The van der Waals surface area contributed by atoms with E-state index in [1.807, 2.05) is 0 Å². The number of alkyl halides is 1. The molecule has 0 bridgehead atoms. The molecule has 3 nitrogen and oxygen atoms in total. The number of nitrogens with one attached hydrogen (secondary N) is 1. The molecule has 1 atom stereocenters. The number of amides is 2. The Hall–Kier alpha value is -0.670. The molecule has 1 rings (SSSR count). The van der Waals surface area contributed by atoms with Gasteiger partial charge in [0.1, 0.15) is 5.00 Å². The van der Waals surface area contributed by atoms with Gasteiger partial charge in [0.2, 0.25) is 0 Å². The van der Waals surface area contributed by atoms with Crippen LogP contribution in [0.15, 0.2) is 23.3 Å². The van der Waals surface area contributed by atoms with Crippen molar-refractivity contribution in [2.24, 2.45) is 0 Å². The summed E-state index contributed by atoms with van der Waals surface area (Å²) in [4.78, 5) is 12.0. The smallest absolute Gasteiger partial charge is 0.318 e. The normalized spacial score (nSPS) is 25.6. The second-order valence-electron chi connectivity index (χ2n) is 3.06. The SMILES string of the molecule is CNC(=O)N(C)C1(Cl)C=CC(Cl)=CC1. The Morgan fingerprint density at radius 1 is 1.71 bits per heavy atom. The van der Waals surface area contributed by atoms with Gasteiger partial charge < -0.3 is 10.2 Å². The van der Waals surface area contributed by atoms with Crippen LogP contribution in [-0.2, 0) is 0 Å². The second kappa shape index (κ2) is 4.24. The van der Waals surface area contributed by atoms with Gasteiger partial charge in [0, 0.05) is 25.5 Å². The summed E-state index contributed by atoms with van der Waals surface area (Å²) in [7, 11) is 3.21. The molecule has 0 spiro atoms. The third kappa shape index (κ3) is 2.22. The molecule has 14 heavy (non-hydrogen) atoms. The van der Waals surface area contributed by atoms with Crippen molar-refractivity contribution in [2.45, 2.75) is 11.4 Å². The van der Waals surface area contributed by atoms with Crippen molar-refractivity contribution in [1.82, 2.24) is 10.2 Å². The first-order valence-electron chi connectivity index (χ1n) is 4.19. The van der Waals surface area contributed by atoms with Crippen LogP contribution >= 0.6 is 23.2 Å². The molecule has 1 aliphatic carbocycles. The minimum atomic E-state index is -0.807. The Labute approximate surface area is 93.4 Å². The Morgan fingerprint density at radius 2 is 2.36 bits per heavy atom. The third-order valence-electron chi connectivity index (χ3n) is 2.16. The van der Waals surface area contributed by atoms with Crippen LogP contribution < -0.4 is 5.32 Å². The molecule has 0 fully saturated rings. The molecule has 0 saturated carbocycles. The predicted molar refractivity (Wildman–Crippen MR) is 58.5 cm³/mol. The van der Waals surface area contributed by atoms with Crippen molar-refractivity contribution in [3.8, 4) is 0 Å². The fourth-order valence-corrected chi connectivity index (χ4v) is 1.53. The number of carbonyl (C=O) groups excluding carboxylic acids is 1. The van der Waals surface area contributed by atoms with Crippen LogP contribution in [0.5, 0.6) is 0 Å². The van der Waals surface area contributed by atoms with Crippen molar-refractivity contribution in [1.29, 1.82) is 0 Å². The molecule has 5 heteroatoms. The molecule has 0 radical (unpaired) electrons. The molecule has 1 N–H and O–H groups in total. The predicted octanol–water partition coefficient (Wildman–Crippen LogP) is 2.28. The van der Waals surface area contributed by atoms with Crippen LogP contribution in [0.3, 0.4) is 0 Å². The highest BCUT2D eigenvalue weighted by Crippen LogP contribution is 2.31. The fourth-order valence-electron chi connectivity index (χ4n) is 1.17. The largest absolute Gasteiger partial charge is 0.341 e. The molecule has 1 aliphatic rings. The first kappa shape index (κ1) is 11.4. The highest BCUT2D eigenvalue weighted by molar-refractivity contribution is 6.32. The number of carbonyl (C=O) groups is 1. The van der Waals surface area contributed by atoms with E-state index in [0.29, 0.717) is 11.5 Å². The zero-order chi connectivity index (χ0) is 10.8. The Bertz CT molecular complexity index is 301. The lowest BCUT2D eigenvalue weighted by Gasteiger charge is -2.34. The van der Waals surface area contributed by atoms with Crippen LogP contribution in [0.2, 0.25) is 0 Å². The van der Waals surface area contributed by atoms with E-state index in [4.69, 9.17) is 23.2 Å². The van der Waals surface area contributed by atoms with Gasteiger partial charge in [0.15, 0.2) is 0 Å². The Morgan fingerprint density at radius 3 is 2.79 bits per heavy atom. The molecular weight excluding hydrogens is 223 g/mol. The van der Waals surface area contributed by atoms with Crippen molar-refractivity contribution >= 4 is 29.2 Å². The minimum absolute atomic E-state index is 0.226. The lowest BCUT2D eigenvalue weighted by molar-refractivity contribution is 0.193. The number of nitrogens with zero attached hydrogens (tertiary/aromatic N) is 1. The zero-order valence-corrected chi connectivity index (χ0v) is 9.56. The molecule has 0 saturated heterocycles. The topological polar surface area (TPSA) is 32.3 Å². The number of urea groups is 1. The van der Waals surface area contributed by atoms with Crippen molar-refractivity contribution < 1.29 is 4.79 Å². The number of allylic oxidation sites excluding steroid dienone is 2. The van der Waals surface area contributed by atoms with Gasteiger partial charge >= 0.3 is 6.03 Å². The van der Waals surface area contributed by atoms with Crippen LogP contribution in [0, 0.1) is 0 Å². The van der Waals surface area contributed by atoms with Gasteiger partial charge in [0.25, 0.3) is 0 Å². The molecule has 78 valence electrons. The maximum atomic E-state index is 11.3. The highest BCUT2D eigenvalue weighted by Gasteiger charge is 2.32. The van der Waals surface area contributed by atoms with E-state index < -0.39 is 5.00 Å². The molecule has 1 unspecified atom stereocenters. The summed E-state index contributed by atoms with van der Waals surface area (Å²) in [6, 6.07) is -0.226. The maximum absolute atomic E-state index is 11.3. The van der Waals surface area contributed by atoms with E-state index >= 15 is 0 Å². The van der Waals surface area contributed by atoms with E-state index in [1.165, 1.54) is 4.90 Å². The average molecular weight is 235 g/mol. The first-order chi connectivity index (χ1) is 6.49. The number of hydrogen-bond acceptors (Lipinski definition) is 1. The number of rotatable bonds is 1. The summed E-state index contributed by atoms with van der Waals surface area (Å²) in [5, 5.41) is 3.16. The fraction of sp³-hybridized carbons (Fsp3) is 0.444. The quantitative estimate of drug-likeness (QED) is 0.548. The van der Waals surface area contributed by atoms with Crippen LogP contribution in [0.1, 0.15) is 6.42 Å². The molecule has 0 heterocycles. The van der Waals surface area contributed by atoms with Crippen LogP contribution in [0.4, 0.5) is 4.79 Å². The van der Waals surface area contributed by atoms with Crippen molar-refractivity contribution in [3.63, 3.8) is 0 Å². The number of likely N-dealkylation sites (N-methyl/N-ethyl adjacent to an activating group) is 1. The van der Waals surface area contributed by atoms with Gasteiger partial charge in [-0.3, -0.25) is 0 Å². The summed E-state index contributed by atoms with van der Waals surface area (Å²) in [5.74, 6) is 0. The molecular formula is C9H12Cl2N2O. The van der Waals surface area contributed by atoms with E-state index in [9.17, 15) is 4.79 Å². The molecule has 0 aliphatic heterocycles. The van der Waals surface area contributed by atoms with Gasteiger partial charge in [-0.15, -0.1) is 0 Å². The number of halogens is 2. The lowest BCUT2D eigenvalue weighted by Crippen LogP contribution is -2.48. The minimum Gasteiger partial charge on any atom is -0.341 e. The maximum Gasteiger partial charge on any atom is 0.318 e. The zero-order valence-electron chi connectivity index (χ0n) is 8.05. The summed E-state index contributed by atoms with van der Waals surface area (Å²) < 4.78 is 0. The van der Waals surface area contributed by atoms with Crippen molar-refractivity contribution in [2.75, 3.05) is 14.1 Å². The molecule has 0 aromatic carbocycles. The van der Waals surface area contributed by atoms with E-state index in [2.05, 4.69) is 5.32 Å². The summed E-state index contributed by atoms with van der Waals surface area (Å²) in [6.07, 6.45) is 5.70. The summed E-state index contributed by atoms with van der Waals surface area (Å²) >= 11 is 12.0. The van der Waals surface area contributed by atoms with Gasteiger partial charge in [0.05, 0.1) is 0 Å². The van der Waals surface area contributed by atoms with E-state index in [1.54, 1.807) is 32.3 Å². The summed E-state index contributed by atoms with van der Waals surface area (Å²) in [5.41, 5.74) is 0. The monoisotopic (exact) mass is 234 g/mol. The van der Waals surface area contributed by atoms with Crippen LogP contribution in [-0.4, -0.2) is 30.0 Å². The van der Waals surface area contributed by atoms with Gasteiger partial charge in [-0.1, -0.05) is 29.3 Å². The van der Waals surface area contributed by atoms with Gasteiger partial charge in [-0.25, -0.2) is 4.79 Å². The molecule has 0 aromatic heterocycles.